The van der Waals surface area contributed by atoms with Crippen molar-refractivity contribution in [1.29, 1.82) is 0 Å². The second kappa shape index (κ2) is 6.16. The standard InChI is InChI=1S/C11H26O2SSi/c1-11(2,3)15(5,6)13-9-7-8-10-14(4)12/h7-10H2,1-6H3/t14-/m1/s1. The lowest BCUT2D eigenvalue weighted by atomic mass is 10.2. The molecule has 0 amide bonds. The molecule has 0 saturated carbocycles. The molecule has 0 rings (SSSR count). The van der Waals surface area contributed by atoms with Gasteiger partial charge in [0.05, 0.1) is 0 Å². The molecule has 0 aliphatic rings. The summed E-state index contributed by atoms with van der Waals surface area (Å²) in [5, 5.41) is 0.292. The minimum atomic E-state index is -1.56. The second-order valence-corrected chi connectivity index (χ2v) is 12.0. The molecular weight excluding hydrogens is 224 g/mol. The van der Waals surface area contributed by atoms with Crippen LogP contribution in [0.3, 0.4) is 0 Å². The molecule has 2 nitrogen and oxygen atoms in total. The summed E-state index contributed by atoms with van der Waals surface area (Å²) in [4.78, 5) is 0. The Hall–Kier alpha value is 0.327. The van der Waals surface area contributed by atoms with Gasteiger partial charge in [0.1, 0.15) is 0 Å². The highest BCUT2D eigenvalue weighted by Crippen LogP contribution is 2.36. The first-order valence-corrected chi connectivity index (χ1v) is 10.2. The van der Waals surface area contributed by atoms with E-state index in [9.17, 15) is 4.21 Å². The third-order valence-electron chi connectivity index (χ3n) is 3.10. The third-order valence-corrected chi connectivity index (χ3v) is 8.50. The molecule has 4 heteroatoms. The maximum absolute atomic E-state index is 10.8. The van der Waals surface area contributed by atoms with Crippen LogP contribution in [0.15, 0.2) is 0 Å². The van der Waals surface area contributed by atoms with Gasteiger partial charge >= 0.3 is 0 Å². The highest BCUT2D eigenvalue weighted by molar-refractivity contribution is 7.84. The average Bonchev–Trinajstić information content (AvgIpc) is 2.00. The largest absolute Gasteiger partial charge is 0.417 e. The van der Waals surface area contributed by atoms with Gasteiger partial charge in [0.15, 0.2) is 8.32 Å². The van der Waals surface area contributed by atoms with Gasteiger partial charge in [-0.3, -0.25) is 4.21 Å². The Morgan fingerprint density at radius 3 is 2.13 bits per heavy atom. The van der Waals surface area contributed by atoms with Crippen molar-refractivity contribution < 1.29 is 8.63 Å². The second-order valence-electron chi connectivity index (χ2n) is 5.59. The molecular formula is C11H26O2SSi. The van der Waals surface area contributed by atoms with E-state index in [1.807, 2.05) is 0 Å². The molecule has 0 heterocycles. The van der Waals surface area contributed by atoms with Crippen molar-refractivity contribution in [2.45, 2.75) is 51.7 Å². The normalized spacial score (nSPS) is 15.3. The number of rotatable bonds is 6. The van der Waals surface area contributed by atoms with Crippen molar-refractivity contribution in [2.24, 2.45) is 0 Å². The summed E-state index contributed by atoms with van der Waals surface area (Å²) in [6, 6.07) is 0. The highest BCUT2D eigenvalue weighted by atomic mass is 32.2. The van der Waals surface area contributed by atoms with E-state index in [0.717, 1.165) is 25.2 Å². The maximum Gasteiger partial charge on any atom is 0.191 e. The Morgan fingerprint density at radius 2 is 1.73 bits per heavy atom. The first kappa shape index (κ1) is 15.3. The van der Waals surface area contributed by atoms with Gasteiger partial charge in [-0.15, -0.1) is 0 Å². The van der Waals surface area contributed by atoms with Crippen LogP contribution >= 0.6 is 0 Å². The van der Waals surface area contributed by atoms with Crippen LogP contribution in [-0.4, -0.2) is 31.1 Å². The van der Waals surface area contributed by atoms with Crippen LogP contribution in [0, 0.1) is 0 Å². The first-order valence-electron chi connectivity index (χ1n) is 5.61. The van der Waals surface area contributed by atoms with Crippen molar-refractivity contribution in [3.8, 4) is 0 Å². The van der Waals surface area contributed by atoms with Gasteiger partial charge in [-0.25, -0.2) is 0 Å². The lowest BCUT2D eigenvalue weighted by Crippen LogP contribution is -2.40. The van der Waals surface area contributed by atoms with Crippen LogP contribution in [0.5, 0.6) is 0 Å². The summed E-state index contributed by atoms with van der Waals surface area (Å²) in [6.07, 6.45) is 3.80. The molecule has 0 aliphatic heterocycles. The van der Waals surface area contributed by atoms with Crippen molar-refractivity contribution >= 4 is 19.1 Å². The summed E-state index contributed by atoms with van der Waals surface area (Å²) >= 11 is 0. The fraction of sp³-hybridized carbons (Fsp3) is 1.00. The molecule has 0 unspecified atom stereocenters. The van der Waals surface area contributed by atoms with E-state index in [2.05, 4.69) is 33.9 Å². The van der Waals surface area contributed by atoms with E-state index in [0.29, 0.717) is 5.04 Å². The zero-order valence-corrected chi connectivity index (χ0v) is 12.9. The van der Waals surface area contributed by atoms with E-state index in [-0.39, 0.29) is 0 Å². The molecule has 1 atom stereocenters. The SMILES string of the molecule is C[S@@](=O)CCCCO[Si](C)(C)C(C)(C)C. The van der Waals surface area contributed by atoms with Gasteiger partial charge < -0.3 is 4.43 Å². The molecule has 0 bridgehead atoms. The smallest absolute Gasteiger partial charge is 0.191 e. The van der Waals surface area contributed by atoms with Crippen molar-refractivity contribution in [3.63, 3.8) is 0 Å². The van der Waals surface area contributed by atoms with Gasteiger partial charge in [0, 0.05) is 29.4 Å². The topological polar surface area (TPSA) is 26.3 Å². The van der Waals surface area contributed by atoms with Gasteiger partial charge in [0.25, 0.3) is 0 Å². The highest BCUT2D eigenvalue weighted by Gasteiger charge is 2.36. The van der Waals surface area contributed by atoms with Crippen LogP contribution in [0.1, 0.15) is 33.6 Å². The minimum absolute atomic E-state index is 0.292. The Bertz CT molecular complexity index is 209. The zero-order valence-electron chi connectivity index (χ0n) is 11.1. The van der Waals surface area contributed by atoms with Crippen LogP contribution in [0.2, 0.25) is 18.1 Å². The predicted octanol–water partition coefficient (Wildman–Crippen LogP) is 3.17. The molecule has 0 radical (unpaired) electrons. The third kappa shape index (κ3) is 6.48. The van der Waals surface area contributed by atoms with Gasteiger partial charge in [0.2, 0.25) is 0 Å². The lowest BCUT2D eigenvalue weighted by Gasteiger charge is -2.36. The Labute approximate surface area is 98.4 Å². The van der Waals surface area contributed by atoms with Crippen molar-refractivity contribution in [1.82, 2.24) is 0 Å². The fourth-order valence-corrected chi connectivity index (χ4v) is 2.65. The Morgan fingerprint density at radius 1 is 1.20 bits per heavy atom. The van der Waals surface area contributed by atoms with Gasteiger partial charge in [-0.05, 0) is 31.0 Å². The molecule has 0 aromatic heterocycles. The van der Waals surface area contributed by atoms with Crippen molar-refractivity contribution in [3.05, 3.63) is 0 Å². The molecule has 92 valence electrons. The van der Waals surface area contributed by atoms with E-state index in [4.69, 9.17) is 4.43 Å². The molecule has 0 N–H and O–H groups in total. The minimum Gasteiger partial charge on any atom is -0.417 e. The van der Waals surface area contributed by atoms with E-state index in [1.165, 1.54) is 0 Å². The molecule has 15 heavy (non-hydrogen) atoms. The lowest BCUT2D eigenvalue weighted by molar-refractivity contribution is 0.281. The van der Waals surface area contributed by atoms with Crippen LogP contribution in [0.25, 0.3) is 0 Å². The summed E-state index contributed by atoms with van der Waals surface area (Å²) < 4.78 is 16.9. The van der Waals surface area contributed by atoms with Gasteiger partial charge in [-0.1, -0.05) is 20.8 Å². The van der Waals surface area contributed by atoms with E-state index >= 15 is 0 Å². The monoisotopic (exact) mass is 250 g/mol. The van der Waals surface area contributed by atoms with Gasteiger partial charge in [-0.2, -0.15) is 0 Å². The van der Waals surface area contributed by atoms with Crippen molar-refractivity contribution in [2.75, 3.05) is 18.6 Å². The number of hydrogen-bond acceptors (Lipinski definition) is 2. The quantitative estimate of drug-likeness (QED) is 0.535. The maximum atomic E-state index is 10.8. The van der Waals surface area contributed by atoms with E-state index in [1.54, 1.807) is 6.26 Å². The Balaban J connectivity index is 3.72. The number of hydrogen-bond donors (Lipinski definition) is 0. The van der Waals surface area contributed by atoms with E-state index < -0.39 is 19.1 Å². The van der Waals surface area contributed by atoms with Crippen LogP contribution < -0.4 is 0 Å². The summed E-state index contributed by atoms with van der Waals surface area (Å²) in [7, 11) is -2.21. The van der Waals surface area contributed by atoms with Crippen LogP contribution in [0.4, 0.5) is 0 Å². The predicted molar refractivity (Wildman–Crippen MR) is 71.3 cm³/mol. The fourth-order valence-electron chi connectivity index (χ4n) is 0.951. The summed E-state index contributed by atoms with van der Waals surface area (Å²) in [6.45, 7) is 12.1. The molecule has 0 aliphatic carbocycles. The summed E-state index contributed by atoms with van der Waals surface area (Å²) in [5.74, 6) is 0.806. The Kier molecular flexibility index (Phi) is 6.29. The molecule has 0 saturated heterocycles. The first-order chi connectivity index (χ1) is 6.67. The number of unbranched alkanes of at least 4 members (excludes halogenated alkanes) is 1. The molecule has 0 aromatic rings. The molecule has 0 aromatic carbocycles. The molecule has 0 fully saturated rings. The molecule has 0 spiro atoms. The average molecular weight is 250 g/mol. The zero-order chi connectivity index (χ0) is 12.1. The summed E-state index contributed by atoms with van der Waals surface area (Å²) in [5.41, 5.74) is 0. The van der Waals surface area contributed by atoms with Crippen LogP contribution in [-0.2, 0) is 15.2 Å².